The van der Waals surface area contributed by atoms with Crippen LogP contribution in [0.2, 0.25) is 0 Å². The van der Waals surface area contributed by atoms with Crippen LogP contribution in [-0.2, 0) is 16.1 Å². The molecule has 37 heavy (non-hydrogen) atoms. The van der Waals surface area contributed by atoms with Crippen LogP contribution >= 0.6 is 11.8 Å². The minimum absolute atomic E-state index is 0.295. The van der Waals surface area contributed by atoms with Crippen LogP contribution in [0.1, 0.15) is 32.6 Å². The average Bonchev–Trinajstić information content (AvgIpc) is 2.96. The number of hydrogen-bond donors (Lipinski definition) is 1. The van der Waals surface area contributed by atoms with E-state index >= 15 is 0 Å². The maximum atomic E-state index is 11.1. The van der Waals surface area contributed by atoms with E-state index in [2.05, 4.69) is 12.1 Å². The summed E-state index contributed by atoms with van der Waals surface area (Å²) in [6.07, 6.45) is 0. The summed E-state index contributed by atoms with van der Waals surface area (Å²) in [4.78, 5) is 11.1. The van der Waals surface area contributed by atoms with Gasteiger partial charge in [-0.05, 0) is 58.7 Å². The number of rotatable bonds is 12. The number of methoxy groups -OCH3 is 2. The Balaban J connectivity index is 1.60. The third-order valence-corrected chi connectivity index (χ3v) is 7.18. The van der Waals surface area contributed by atoms with Crippen molar-refractivity contribution in [3.05, 3.63) is 131 Å². The molecule has 0 saturated heterocycles. The van der Waals surface area contributed by atoms with Crippen LogP contribution in [0.3, 0.4) is 0 Å². The van der Waals surface area contributed by atoms with Crippen molar-refractivity contribution >= 4 is 17.7 Å². The Morgan fingerprint density at radius 2 is 1.24 bits per heavy atom. The maximum Gasteiger partial charge on any atom is 0.335 e. The monoisotopic (exact) mass is 514 g/mol. The minimum Gasteiger partial charge on any atom is -0.497 e. The summed E-state index contributed by atoms with van der Waals surface area (Å²) in [6, 6.07) is 33.2. The van der Waals surface area contributed by atoms with Crippen LogP contribution in [0.4, 0.5) is 0 Å². The molecule has 6 heteroatoms. The van der Waals surface area contributed by atoms with Crippen molar-refractivity contribution in [1.29, 1.82) is 0 Å². The van der Waals surface area contributed by atoms with Crippen LogP contribution in [0, 0.1) is 0 Å². The van der Waals surface area contributed by atoms with Crippen LogP contribution in [0.5, 0.6) is 11.5 Å². The molecule has 5 nitrogen and oxygen atoms in total. The lowest BCUT2D eigenvalue weighted by molar-refractivity contribution is 0.0233. The van der Waals surface area contributed by atoms with E-state index in [0.717, 1.165) is 45.3 Å². The first-order chi connectivity index (χ1) is 18.1. The van der Waals surface area contributed by atoms with E-state index in [0.29, 0.717) is 12.2 Å². The van der Waals surface area contributed by atoms with Gasteiger partial charge in [-0.15, -0.1) is 0 Å². The van der Waals surface area contributed by atoms with Gasteiger partial charge in [-0.2, -0.15) is 11.8 Å². The largest absolute Gasteiger partial charge is 0.497 e. The highest BCUT2D eigenvalue weighted by Crippen LogP contribution is 2.41. The second-order valence-electron chi connectivity index (χ2n) is 8.41. The number of ether oxygens (including phenoxy) is 3. The molecule has 0 spiro atoms. The van der Waals surface area contributed by atoms with Gasteiger partial charge in [-0.1, -0.05) is 66.7 Å². The van der Waals surface area contributed by atoms with Gasteiger partial charge in [0.2, 0.25) is 0 Å². The van der Waals surface area contributed by atoms with E-state index in [1.807, 2.05) is 78.9 Å². The predicted molar refractivity (Wildman–Crippen MR) is 148 cm³/mol. The first-order valence-corrected chi connectivity index (χ1v) is 13.1. The third-order valence-electron chi connectivity index (χ3n) is 6.19. The zero-order valence-corrected chi connectivity index (χ0v) is 21.7. The molecule has 4 aromatic rings. The molecule has 0 aliphatic carbocycles. The molecule has 0 fully saturated rings. The van der Waals surface area contributed by atoms with E-state index in [1.54, 1.807) is 38.1 Å². The average molecular weight is 515 g/mol. The highest BCUT2D eigenvalue weighted by Gasteiger charge is 2.37. The molecule has 0 aromatic heterocycles. The van der Waals surface area contributed by atoms with Crippen molar-refractivity contribution in [1.82, 2.24) is 0 Å². The molecule has 0 atom stereocenters. The lowest BCUT2D eigenvalue weighted by Crippen LogP contribution is -2.33. The quantitative estimate of drug-likeness (QED) is 0.169. The van der Waals surface area contributed by atoms with Crippen molar-refractivity contribution in [3.63, 3.8) is 0 Å². The van der Waals surface area contributed by atoms with Gasteiger partial charge >= 0.3 is 5.97 Å². The Kier molecular flexibility index (Phi) is 8.88. The zero-order chi connectivity index (χ0) is 26.1. The Morgan fingerprint density at radius 1 is 0.730 bits per heavy atom. The van der Waals surface area contributed by atoms with E-state index in [4.69, 9.17) is 19.3 Å². The fraction of sp³-hybridized carbons (Fsp3) is 0.194. The summed E-state index contributed by atoms with van der Waals surface area (Å²) in [5, 5.41) is 9.10. The molecular weight excluding hydrogens is 484 g/mol. The second kappa shape index (κ2) is 12.5. The molecule has 0 unspecified atom stereocenters. The summed E-state index contributed by atoms with van der Waals surface area (Å²) in [7, 11) is 3.32. The number of carboxylic acid groups (broad SMARTS) is 1. The third kappa shape index (κ3) is 6.16. The lowest BCUT2D eigenvalue weighted by atomic mass is 9.80. The molecule has 0 radical (unpaired) electrons. The van der Waals surface area contributed by atoms with Gasteiger partial charge < -0.3 is 19.3 Å². The Bertz CT molecular complexity index is 1220. The van der Waals surface area contributed by atoms with Gasteiger partial charge in [0.1, 0.15) is 17.1 Å². The molecule has 190 valence electrons. The van der Waals surface area contributed by atoms with Crippen molar-refractivity contribution in [2.75, 3.05) is 26.6 Å². The number of benzene rings is 4. The van der Waals surface area contributed by atoms with Crippen molar-refractivity contribution in [2.24, 2.45) is 0 Å². The summed E-state index contributed by atoms with van der Waals surface area (Å²) < 4.78 is 17.7. The Morgan fingerprint density at radius 3 is 1.73 bits per heavy atom. The summed E-state index contributed by atoms with van der Waals surface area (Å²) >= 11 is 1.75. The van der Waals surface area contributed by atoms with Crippen LogP contribution < -0.4 is 9.47 Å². The number of hydrogen-bond acceptors (Lipinski definition) is 5. The van der Waals surface area contributed by atoms with E-state index < -0.39 is 11.6 Å². The van der Waals surface area contributed by atoms with Crippen LogP contribution in [0.15, 0.2) is 103 Å². The molecule has 0 aliphatic heterocycles. The number of carboxylic acids is 1. The fourth-order valence-electron chi connectivity index (χ4n) is 4.26. The maximum absolute atomic E-state index is 11.1. The first-order valence-electron chi connectivity index (χ1n) is 12.0. The summed E-state index contributed by atoms with van der Waals surface area (Å²) in [5.41, 5.74) is 3.57. The normalized spacial score (nSPS) is 11.2. The van der Waals surface area contributed by atoms with E-state index in [1.165, 1.54) is 0 Å². The number of thioether (sulfide) groups is 1. The fourth-order valence-corrected chi connectivity index (χ4v) is 5.04. The smallest absolute Gasteiger partial charge is 0.335 e. The van der Waals surface area contributed by atoms with Gasteiger partial charge in [0, 0.05) is 11.5 Å². The van der Waals surface area contributed by atoms with Crippen molar-refractivity contribution in [3.8, 4) is 11.5 Å². The number of carbonyl (C=O) groups is 1. The molecule has 0 aliphatic rings. The molecule has 0 saturated carbocycles. The van der Waals surface area contributed by atoms with Gasteiger partial charge in [0.25, 0.3) is 0 Å². The van der Waals surface area contributed by atoms with Gasteiger partial charge in [-0.3, -0.25) is 0 Å². The highest BCUT2D eigenvalue weighted by molar-refractivity contribution is 7.98. The van der Waals surface area contributed by atoms with E-state index in [-0.39, 0.29) is 0 Å². The highest BCUT2D eigenvalue weighted by atomic mass is 32.2. The lowest BCUT2D eigenvalue weighted by Gasteiger charge is -2.36. The zero-order valence-electron chi connectivity index (χ0n) is 20.9. The van der Waals surface area contributed by atoms with Crippen LogP contribution in [-0.4, -0.2) is 37.7 Å². The molecule has 0 bridgehead atoms. The van der Waals surface area contributed by atoms with Gasteiger partial charge in [-0.25, -0.2) is 4.79 Å². The number of aromatic carboxylic acids is 1. The SMILES string of the molecule is COc1ccc(C(OCCSCc2ccc(C(=O)O)cc2)(c2ccccc2)c2ccc(OC)cc2)cc1. The first kappa shape index (κ1) is 26.3. The predicted octanol–water partition coefficient (Wildman–Crippen LogP) is 6.64. The molecular formula is C31H30O5S. The minimum atomic E-state index is -0.915. The van der Waals surface area contributed by atoms with Gasteiger partial charge in [0.15, 0.2) is 0 Å². The van der Waals surface area contributed by atoms with Crippen molar-refractivity contribution in [2.45, 2.75) is 11.4 Å². The second-order valence-corrected chi connectivity index (χ2v) is 9.51. The summed E-state index contributed by atoms with van der Waals surface area (Å²) in [5.74, 6) is 2.19. The van der Waals surface area contributed by atoms with Gasteiger partial charge in [0.05, 0.1) is 26.4 Å². The molecule has 4 aromatic carbocycles. The Labute approximate surface area is 222 Å². The summed E-state index contributed by atoms with van der Waals surface area (Å²) in [6.45, 7) is 0.505. The topological polar surface area (TPSA) is 65.0 Å². The van der Waals surface area contributed by atoms with Crippen LogP contribution in [0.25, 0.3) is 0 Å². The standard InChI is InChI=1S/C31H30O5S/c1-34-28-16-12-26(13-17-28)31(25-6-4-3-5-7-25,27-14-18-29(35-2)19-15-27)36-20-21-37-22-23-8-10-24(11-9-23)30(32)33/h3-19H,20-22H2,1-2H3,(H,32,33). The Hall–Kier alpha value is -3.74. The molecule has 0 heterocycles. The van der Waals surface area contributed by atoms with E-state index in [9.17, 15) is 4.79 Å². The molecule has 4 rings (SSSR count). The molecule has 1 N–H and O–H groups in total. The molecule has 0 amide bonds. The van der Waals surface area contributed by atoms with Crippen molar-refractivity contribution < 1.29 is 24.1 Å².